The van der Waals surface area contributed by atoms with Crippen LogP contribution in [0.4, 0.5) is 0 Å². The highest BCUT2D eigenvalue weighted by atomic mass is 16.8. The summed E-state index contributed by atoms with van der Waals surface area (Å²) in [7, 11) is 5.24. The van der Waals surface area contributed by atoms with Gasteiger partial charge in [0, 0.05) is 80.8 Å². The molecule has 15 heteroatoms. The van der Waals surface area contributed by atoms with Crippen LogP contribution in [0.2, 0.25) is 0 Å². The summed E-state index contributed by atoms with van der Waals surface area (Å²) in [5, 5.41) is 0. The van der Waals surface area contributed by atoms with Gasteiger partial charge in [-0.1, -0.05) is 156 Å². The monoisotopic (exact) mass is 1140 g/mol. The van der Waals surface area contributed by atoms with Gasteiger partial charge >= 0.3 is 0 Å². The number of methoxy groups -OCH3 is 3. The Labute approximate surface area is 485 Å². The normalized spacial score (nSPS) is 22.3. The minimum absolute atomic E-state index is 0.0516. The first kappa shape index (κ1) is 76.4. The molecule has 0 spiro atoms. The second-order valence-corrected chi connectivity index (χ2v) is 22.8. The van der Waals surface area contributed by atoms with Crippen LogP contribution in [0, 0.1) is 0 Å². The van der Waals surface area contributed by atoms with E-state index in [0.29, 0.717) is 18.3 Å². The van der Waals surface area contributed by atoms with Gasteiger partial charge in [0.1, 0.15) is 36.1 Å². The molecule has 0 aromatic heterocycles. The van der Waals surface area contributed by atoms with Gasteiger partial charge in [0.25, 0.3) is 0 Å². The smallest absolute Gasteiger partial charge is 0.181 e. The number of rotatable bonds is 53. The van der Waals surface area contributed by atoms with Gasteiger partial charge in [0.15, 0.2) is 6.29 Å². The van der Waals surface area contributed by atoms with Crippen molar-refractivity contribution in [3.05, 3.63) is 0 Å². The first-order valence-corrected chi connectivity index (χ1v) is 32.5. The van der Waals surface area contributed by atoms with Crippen molar-refractivity contribution in [2.45, 2.75) is 263 Å². The summed E-state index contributed by atoms with van der Waals surface area (Å²) in [4.78, 5) is 0. The standard InChI is InChI=1S/C13H26O2.C12H24O3.C11H22O3.2C10H20O2.C8H16O3/c1-3-4-5-6-7-8-9-10-14-11-13(2)12-15-13;1-13-8-6-4-2-3-5-7-9-14-10-12-11-15-12;1-11(10-14-11)9-13-8-6-4-3-5-7-12-2;1-2-3-4-5-6-7-11-8-10-9-12-10;1-2-3-4-5-6-7-8-11-10-9-12-10;1-9-4-2-3-5-10-6-8-7-11-8/h3-12H2,1-2H3;12H,2-11H2,1H3;3-10H2,1-2H3;2*10H,2-9H2,1H3;8H,2-7H2,1H3. The molecule has 474 valence electrons. The molecule has 0 amide bonds. The van der Waals surface area contributed by atoms with E-state index in [-0.39, 0.29) is 17.5 Å². The van der Waals surface area contributed by atoms with Crippen molar-refractivity contribution in [1.29, 1.82) is 0 Å². The third-order valence-electron chi connectivity index (χ3n) is 13.8. The van der Waals surface area contributed by atoms with Crippen LogP contribution in [0.15, 0.2) is 0 Å². The van der Waals surface area contributed by atoms with Gasteiger partial charge in [-0.05, 0) is 71.6 Å². The second kappa shape index (κ2) is 57.8. The highest BCUT2D eigenvalue weighted by molar-refractivity contribution is 4.87. The first-order chi connectivity index (χ1) is 38.8. The number of ether oxygens (including phenoxy) is 15. The number of unbranched alkanes of at least 4 members (excludes halogenated alkanes) is 24. The van der Waals surface area contributed by atoms with Gasteiger partial charge in [0.2, 0.25) is 0 Å². The molecule has 0 radical (unpaired) electrons. The van der Waals surface area contributed by atoms with E-state index in [1.165, 1.54) is 167 Å². The molecule has 0 aliphatic carbocycles. The zero-order valence-electron chi connectivity index (χ0n) is 52.8. The summed E-state index contributed by atoms with van der Waals surface area (Å²) in [5.74, 6) is 0. The minimum Gasteiger partial charge on any atom is -0.385 e. The molecule has 6 atom stereocenters. The lowest BCUT2D eigenvalue weighted by molar-refractivity contribution is 0.0478. The second-order valence-electron chi connectivity index (χ2n) is 22.8. The lowest BCUT2D eigenvalue weighted by Crippen LogP contribution is -2.14. The average Bonchev–Trinajstić information content (AvgIpc) is 4.24. The molecule has 0 bridgehead atoms. The molecule has 0 aromatic rings. The molecule has 6 rings (SSSR count). The minimum atomic E-state index is 0.0516. The van der Waals surface area contributed by atoms with Gasteiger partial charge in [-0.15, -0.1) is 0 Å². The van der Waals surface area contributed by atoms with Crippen LogP contribution in [-0.2, 0) is 71.1 Å². The van der Waals surface area contributed by atoms with Crippen molar-refractivity contribution < 1.29 is 71.1 Å². The maximum absolute atomic E-state index is 5.56. The van der Waals surface area contributed by atoms with Gasteiger partial charge in [-0.2, -0.15) is 0 Å². The predicted octanol–water partition coefficient (Wildman–Crippen LogP) is 13.9. The van der Waals surface area contributed by atoms with Gasteiger partial charge in [-0.3, -0.25) is 0 Å². The van der Waals surface area contributed by atoms with Gasteiger partial charge < -0.3 is 71.1 Å². The number of hydrogen-bond donors (Lipinski definition) is 0. The molecule has 6 aliphatic rings. The van der Waals surface area contributed by atoms with E-state index >= 15 is 0 Å². The van der Waals surface area contributed by atoms with Crippen molar-refractivity contribution in [2.24, 2.45) is 0 Å². The van der Waals surface area contributed by atoms with Crippen LogP contribution in [0.3, 0.4) is 0 Å². The molecule has 0 saturated carbocycles. The Morgan fingerprint density at radius 1 is 0.316 bits per heavy atom. The summed E-state index contributed by atoms with van der Waals surface area (Å²) in [5.41, 5.74) is 0.122. The third-order valence-corrected chi connectivity index (χ3v) is 13.8. The van der Waals surface area contributed by atoms with E-state index in [2.05, 4.69) is 34.6 Å². The van der Waals surface area contributed by atoms with Crippen molar-refractivity contribution in [2.75, 3.05) is 153 Å². The largest absolute Gasteiger partial charge is 0.385 e. The van der Waals surface area contributed by atoms with Crippen molar-refractivity contribution in [3.63, 3.8) is 0 Å². The fourth-order valence-electron chi connectivity index (χ4n) is 7.74. The Morgan fingerprint density at radius 2 is 0.557 bits per heavy atom. The van der Waals surface area contributed by atoms with Crippen LogP contribution in [0.1, 0.15) is 227 Å². The predicted molar refractivity (Wildman–Crippen MR) is 319 cm³/mol. The highest BCUT2D eigenvalue weighted by Crippen LogP contribution is 2.26. The Balaban J connectivity index is 0.000000476. The van der Waals surface area contributed by atoms with Crippen LogP contribution >= 0.6 is 0 Å². The molecule has 79 heavy (non-hydrogen) atoms. The molecular formula is C64H128O15. The molecule has 15 nitrogen and oxygen atoms in total. The van der Waals surface area contributed by atoms with Crippen molar-refractivity contribution in [1.82, 2.24) is 0 Å². The summed E-state index contributed by atoms with van der Waals surface area (Å²) in [6, 6.07) is 0. The van der Waals surface area contributed by atoms with E-state index in [4.69, 9.17) is 71.1 Å². The summed E-state index contributed by atoms with van der Waals surface area (Å²) < 4.78 is 77.9. The summed E-state index contributed by atoms with van der Waals surface area (Å²) in [6.07, 6.45) is 40.0. The van der Waals surface area contributed by atoms with E-state index < -0.39 is 0 Å². The average molecular weight is 1140 g/mol. The molecule has 0 aromatic carbocycles. The summed E-state index contributed by atoms with van der Waals surface area (Å²) in [6.45, 7) is 28.1. The van der Waals surface area contributed by atoms with Crippen molar-refractivity contribution >= 4 is 0 Å². The first-order valence-electron chi connectivity index (χ1n) is 32.5. The number of epoxide rings is 6. The molecule has 6 heterocycles. The molecule has 6 fully saturated rings. The maximum Gasteiger partial charge on any atom is 0.181 e. The van der Waals surface area contributed by atoms with Crippen LogP contribution < -0.4 is 0 Å². The van der Waals surface area contributed by atoms with Crippen molar-refractivity contribution in [3.8, 4) is 0 Å². The van der Waals surface area contributed by atoms with E-state index in [1.54, 1.807) is 21.3 Å². The van der Waals surface area contributed by atoms with E-state index in [9.17, 15) is 0 Å². The molecule has 6 unspecified atom stereocenters. The quantitative estimate of drug-likeness (QED) is 0.0418. The summed E-state index contributed by atoms with van der Waals surface area (Å²) >= 11 is 0. The lowest BCUT2D eigenvalue weighted by atomic mass is 10.1. The van der Waals surface area contributed by atoms with Crippen LogP contribution in [0.5, 0.6) is 0 Å². The zero-order chi connectivity index (χ0) is 57.3. The Kier molecular flexibility index (Phi) is 55.9. The number of hydrogen-bond acceptors (Lipinski definition) is 15. The zero-order valence-corrected chi connectivity index (χ0v) is 52.8. The van der Waals surface area contributed by atoms with E-state index in [0.717, 1.165) is 158 Å². The molecular weight excluding hydrogens is 1010 g/mol. The highest BCUT2D eigenvalue weighted by Gasteiger charge is 2.40. The van der Waals surface area contributed by atoms with Crippen LogP contribution in [0.25, 0.3) is 0 Å². The lowest BCUT2D eigenvalue weighted by Gasteiger charge is -2.06. The fraction of sp³-hybridized carbons (Fsp3) is 1.00. The maximum atomic E-state index is 5.56. The van der Waals surface area contributed by atoms with Crippen LogP contribution in [-0.4, -0.2) is 189 Å². The third kappa shape index (κ3) is 64.8. The molecule has 6 aliphatic heterocycles. The van der Waals surface area contributed by atoms with Gasteiger partial charge in [-0.25, -0.2) is 0 Å². The fourth-order valence-corrected chi connectivity index (χ4v) is 7.74. The Morgan fingerprint density at radius 3 is 0.823 bits per heavy atom. The van der Waals surface area contributed by atoms with Gasteiger partial charge in [0.05, 0.1) is 66.1 Å². The molecule has 0 N–H and O–H groups in total. The SMILES string of the molecule is CCCCCCCCCOCC1(C)CO1.CCCCCCCCOC1CO1.CCCCCCCOCC1CO1.COCCCCCCCCOCC1CO1.COCCCCCCOCC1(C)CO1.COCCCCOCC1CO1. The topological polar surface area (TPSA) is 158 Å². The molecule has 6 saturated heterocycles. The Bertz CT molecular complexity index is 1150. The van der Waals surface area contributed by atoms with E-state index in [1.807, 2.05) is 0 Å². The Hall–Kier alpha value is -0.600.